The van der Waals surface area contributed by atoms with E-state index in [1.165, 1.54) is 7.05 Å². The first-order valence-corrected chi connectivity index (χ1v) is 11.3. The van der Waals surface area contributed by atoms with Crippen LogP contribution in [-0.4, -0.2) is 60.3 Å². The van der Waals surface area contributed by atoms with Crippen molar-refractivity contribution in [3.05, 3.63) is 58.1 Å². The lowest BCUT2D eigenvalue weighted by Crippen LogP contribution is -2.31. The van der Waals surface area contributed by atoms with E-state index in [1.54, 1.807) is 29.2 Å². The molecule has 9 nitrogen and oxygen atoms in total. The summed E-state index contributed by atoms with van der Waals surface area (Å²) >= 11 is 0. The van der Waals surface area contributed by atoms with E-state index < -0.39 is 12.6 Å². The summed E-state index contributed by atoms with van der Waals surface area (Å²) in [6, 6.07) is 8.53. The molecule has 0 bridgehead atoms. The lowest BCUT2D eigenvalue weighted by molar-refractivity contribution is -0.139. The molecule has 0 aliphatic carbocycles. The van der Waals surface area contributed by atoms with Crippen LogP contribution in [0.15, 0.2) is 30.3 Å². The number of carbonyl (C=O) groups is 3. The molecule has 0 fully saturated rings. The van der Waals surface area contributed by atoms with Crippen molar-refractivity contribution in [1.82, 2.24) is 10.2 Å². The summed E-state index contributed by atoms with van der Waals surface area (Å²) < 4.78 is 11.2. The van der Waals surface area contributed by atoms with Crippen molar-refractivity contribution in [2.24, 2.45) is 0 Å². The molecule has 0 saturated heterocycles. The molecule has 194 valence electrons. The molecular formula is C26H32ClN3O6. The third kappa shape index (κ3) is 5.96. The first kappa shape index (κ1) is 28.6. The first-order valence-electron chi connectivity index (χ1n) is 11.3. The van der Waals surface area contributed by atoms with Crippen LogP contribution in [0.3, 0.4) is 0 Å². The molecule has 2 aromatic carbocycles. The van der Waals surface area contributed by atoms with Crippen LogP contribution < -0.4 is 14.8 Å². The van der Waals surface area contributed by atoms with Crippen molar-refractivity contribution in [3.63, 3.8) is 0 Å². The molecule has 36 heavy (non-hydrogen) atoms. The van der Waals surface area contributed by atoms with Crippen LogP contribution in [-0.2, 0) is 16.8 Å². The standard InChI is InChI=1S/C26H31N3O6.ClH/c1-6-34-21-10-15-12-29(24(27)17(15)11-18(21)25(33)28-5)13-20(30)16-8-7-9-19(26(2,3)4)23(16)35-14-22(31)32;/h7-11,27H,6,12-14H2,1-5H3,(H,28,33)(H,31,32);1H. The van der Waals surface area contributed by atoms with Gasteiger partial charge < -0.3 is 24.8 Å². The first-order chi connectivity index (χ1) is 16.5. The number of rotatable bonds is 9. The van der Waals surface area contributed by atoms with Gasteiger partial charge in [0.25, 0.3) is 5.91 Å². The Kier molecular flexibility index (Phi) is 9.10. The molecule has 10 heteroatoms. The summed E-state index contributed by atoms with van der Waals surface area (Å²) in [5.74, 6) is -0.962. The Hall–Kier alpha value is -3.59. The summed E-state index contributed by atoms with van der Waals surface area (Å²) in [6.45, 7) is 7.70. The van der Waals surface area contributed by atoms with Gasteiger partial charge in [0.2, 0.25) is 0 Å². The number of fused-ring (bicyclic) bond motifs is 1. The third-order valence-electron chi connectivity index (χ3n) is 5.71. The Bertz CT molecular complexity index is 1190. The molecular weight excluding hydrogens is 486 g/mol. The zero-order valence-electron chi connectivity index (χ0n) is 21.1. The number of Topliss-reactive ketones (excluding diaryl/α,β-unsaturated/α-hetero) is 1. The number of hydrogen-bond donors (Lipinski definition) is 3. The number of ether oxygens (including phenoxy) is 2. The molecule has 0 aromatic heterocycles. The molecule has 3 rings (SSSR count). The van der Waals surface area contributed by atoms with Gasteiger partial charge in [-0.15, -0.1) is 12.4 Å². The van der Waals surface area contributed by atoms with E-state index in [-0.39, 0.29) is 53.2 Å². The second-order valence-corrected chi connectivity index (χ2v) is 9.26. The van der Waals surface area contributed by atoms with Crippen molar-refractivity contribution in [3.8, 4) is 11.5 Å². The van der Waals surface area contributed by atoms with Crippen molar-refractivity contribution in [2.45, 2.75) is 39.7 Å². The summed E-state index contributed by atoms with van der Waals surface area (Å²) in [7, 11) is 1.53. The topological polar surface area (TPSA) is 129 Å². The summed E-state index contributed by atoms with van der Waals surface area (Å²) in [5.41, 5.74) is 2.28. The Morgan fingerprint density at radius 1 is 1.14 bits per heavy atom. The lowest BCUT2D eigenvalue weighted by atomic mass is 9.84. The van der Waals surface area contributed by atoms with Crippen molar-refractivity contribution in [2.75, 3.05) is 26.8 Å². The number of aliphatic carboxylic acids is 1. The summed E-state index contributed by atoms with van der Waals surface area (Å²) in [4.78, 5) is 38.5. The third-order valence-corrected chi connectivity index (χ3v) is 5.71. The van der Waals surface area contributed by atoms with Gasteiger partial charge in [-0.2, -0.15) is 0 Å². The maximum absolute atomic E-state index is 13.4. The highest BCUT2D eigenvalue weighted by Crippen LogP contribution is 2.35. The van der Waals surface area contributed by atoms with Gasteiger partial charge >= 0.3 is 5.97 Å². The summed E-state index contributed by atoms with van der Waals surface area (Å²) in [5, 5.41) is 20.3. The number of ketones is 1. The van der Waals surface area contributed by atoms with E-state index >= 15 is 0 Å². The number of halogens is 1. The number of benzene rings is 2. The number of para-hydroxylation sites is 1. The number of amidine groups is 1. The number of amides is 1. The SMILES string of the molecule is CCOc1cc2c(cc1C(=O)NC)C(=N)N(CC(=O)c1cccc(C(C)(C)C)c1OCC(=O)O)C2.Cl. The van der Waals surface area contributed by atoms with Gasteiger partial charge in [0.1, 0.15) is 17.3 Å². The maximum Gasteiger partial charge on any atom is 0.341 e. The van der Waals surface area contributed by atoms with E-state index in [2.05, 4.69) is 5.32 Å². The normalized spacial score (nSPS) is 12.5. The monoisotopic (exact) mass is 517 g/mol. The van der Waals surface area contributed by atoms with Crippen LogP contribution in [0.1, 0.15) is 65.1 Å². The number of nitrogens with one attached hydrogen (secondary N) is 2. The van der Waals surface area contributed by atoms with E-state index in [1.807, 2.05) is 33.8 Å². The molecule has 1 aliphatic heterocycles. The molecule has 3 N–H and O–H groups in total. The Labute approximate surface area is 216 Å². The minimum absolute atomic E-state index is 0. The van der Waals surface area contributed by atoms with Gasteiger partial charge in [0, 0.05) is 24.7 Å². The fraction of sp³-hybridized carbons (Fsp3) is 0.385. The predicted molar refractivity (Wildman–Crippen MR) is 138 cm³/mol. The number of carboxylic acid groups (broad SMARTS) is 1. The van der Waals surface area contributed by atoms with Crippen LogP contribution in [0.2, 0.25) is 0 Å². The largest absolute Gasteiger partial charge is 0.493 e. The van der Waals surface area contributed by atoms with E-state index in [4.69, 9.17) is 20.0 Å². The number of hydrogen-bond acceptors (Lipinski definition) is 6. The zero-order valence-corrected chi connectivity index (χ0v) is 21.9. The van der Waals surface area contributed by atoms with Crippen LogP contribution in [0.4, 0.5) is 0 Å². The Morgan fingerprint density at radius 2 is 1.83 bits per heavy atom. The lowest BCUT2D eigenvalue weighted by Gasteiger charge is -2.25. The minimum Gasteiger partial charge on any atom is -0.493 e. The number of nitrogens with zero attached hydrogens (tertiary/aromatic N) is 1. The van der Waals surface area contributed by atoms with E-state index in [9.17, 15) is 14.4 Å². The van der Waals surface area contributed by atoms with Crippen LogP contribution in [0.5, 0.6) is 11.5 Å². The van der Waals surface area contributed by atoms with Gasteiger partial charge in [0.15, 0.2) is 12.4 Å². The molecule has 0 saturated carbocycles. The molecule has 1 amide bonds. The summed E-state index contributed by atoms with van der Waals surface area (Å²) in [6.07, 6.45) is 0. The molecule has 0 atom stereocenters. The Morgan fingerprint density at radius 3 is 2.42 bits per heavy atom. The number of carbonyl (C=O) groups excluding carboxylic acids is 2. The molecule has 0 unspecified atom stereocenters. The van der Waals surface area contributed by atoms with E-state index in [0.29, 0.717) is 30.0 Å². The number of carboxylic acids is 1. The van der Waals surface area contributed by atoms with E-state index in [0.717, 1.165) is 11.1 Å². The van der Waals surface area contributed by atoms with Gasteiger partial charge in [-0.05, 0) is 36.1 Å². The minimum atomic E-state index is -1.14. The van der Waals surface area contributed by atoms with Gasteiger partial charge in [-0.3, -0.25) is 15.0 Å². The molecule has 1 heterocycles. The van der Waals surface area contributed by atoms with Gasteiger partial charge in [-0.25, -0.2) is 4.79 Å². The fourth-order valence-corrected chi connectivity index (χ4v) is 4.05. The van der Waals surface area contributed by atoms with Crippen LogP contribution >= 0.6 is 12.4 Å². The average molecular weight is 518 g/mol. The molecule has 0 radical (unpaired) electrons. The van der Waals surface area contributed by atoms with Crippen LogP contribution in [0.25, 0.3) is 0 Å². The van der Waals surface area contributed by atoms with Crippen LogP contribution in [0, 0.1) is 5.41 Å². The smallest absolute Gasteiger partial charge is 0.341 e. The van der Waals surface area contributed by atoms with Crippen molar-refractivity contribution < 1.29 is 29.0 Å². The fourth-order valence-electron chi connectivity index (χ4n) is 4.05. The predicted octanol–water partition coefficient (Wildman–Crippen LogP) is 3.65. The quantitative estimate of drug-likeness (QED) is 0.433. The second-order valence-electron chi connectivity index (χ2n) is 9.26. The van der Waals surface area contributed by atoms with Gasteiger partial charge in [-0.1, -0.05) is 32.9 Å². The molecule has 2 aromatic rings. The Balaban J connectivity index is 0.00000456. The average Bonchev–Trinajstić information content (AvgIpc) is 3.10. The molecule has 0 spiro atoms. The van der Waals surface area contributed by atoms with Crippen molar-refractivity contribution in [1.29, 1.82) is 5.41 Å². The highest BCUT2D eigenvalue weighted by molar-refractivity contribution is 6.08. The highest BCUT2D eigenvalue weighted by Gasteiger charge is 2.31. The second kappa shape index (κ2) is 11.4. The highest BCUT2D eigenvalue weighted by atomic mass is 35.5. The van der Waals surface area contributed by atoms with Crippen molar-refractivity contribution >= 4 is 35.9 Å². The maximum atomic E-state index is 13.4. The zero-order chi connectivity index (χ0) is 25.9. The molecule has 1 aliphatic rings. The van der Waals surface area contributed by atoms with Gasteiger partial charge in [0.05, 0.1) is 24.3 Å².